The van der Waals surface area contributed by atoms with Gasteiger partial charge in [-0.1, -0.05) is 39.0 Å². The van der Waals surface area contributed by atoms with E-state index in [1.54, 1.807) is 0 Å². The first kappa shape index (κ1) is 23.1. The molecule has 0 aliphatic carbocycles. The fraction of sp³-hybridized carbons (Fsp3) is 0.700. The topological polar surface area (TPSA) is 33.3 Å². The van der Waals surface area contributed by atoms with Crippen LogP contribution in [0.2, 0.25) is 0 Å². The maximum Gasteiger partial charge on any atom is 0.0518 e. The average Bonchev–Trinajstić information content (AvgIpc) is 2.55. The molecule has 24 heavy (non-hydrogen) atoms. The van der Waals surface area contributed by atoms with Crippen molar-refractivity contribution in [2.75, 3.05) is 30.3 Å². The predicted molar refractivity (Wildman–Crippen MR) is 110 cm³/mol. The maximum atomic E-state index is 5.53. The summed E-state index contributed by atoms with van der Waals surface area (Å²) in [5.74, 6) is 0. The maximum absolute atomic E-state index is 5.53. The minimum Gasteiger partial charge on any atom is -0.385 e. The first-order chi connectivity index (χ1) is 11.2. The molecular weight excluding hydrogens is 320 g/mol. The van der Waals surface area contributed by atoms with Crippen molar-refractivity contribution < 1.29 is 4.74 Å². The first-order valence-corrected chi connectivity index (χ1v) is 9.41. The number of benzene rings is 1. The van der Waals surface area contributed by atoms with Crippen molar-refractivity contribution in [3.63, 3.8) is 0 Å². The summed E-state index contributed by atoms with van der Waals surface area (Å²) in [5, 5.41) is 6.94. The van der Waals surface area contributed by atoms with Crippen LogP contribution in [0, 0.1) is 0 Å². The molecule has 2 N–H and O–H groups in total. The quantitative estimate of drug-likeness (QED) is 0.394. The standard InChI is InChI=1S/C20H36N2O.ClH/c1-4-5-6-7-8-9-15-21-19-11-13-20(14-12-19)22-16-10-17-23-18(2)3;/h11-14,18,21-22H,4-10,15-17H2,1-3H3;1H. The lowest BCUT2D eigenvalue weighted by Crippen LogP contribution is -2.09. The van der Waals surface area contributed by atoms with E-state index in [0.717, 1.165) is 26.1 Å². The van der Waals surface area contributed by atoms with E-state index < -0.39 is 0 Å². The molecule has 1 aromatic carbocycles. The van der Waals surface area contributed by atoms with Gasteiger partial charge >= 0.3 is 0 Å². The number of ether oxygens (including phenoxy) is 1. The van der Waals surface area contributed by atoms with E-state index in [1.165, 1.54) is 49.9 Å². The Labute approximate surface area is 155 Å². The second-order valence-corrected chi connectivity index (χ2v) is 6.47. The third-order valence-electron chi connectivity index (χ3n) is 3.85. The zero-order valence-corrected chi connectivity index (χ0v) is 16.6. The van der Waals surface area contributed by atoms with E-state index in [4.69, 9.17) is 4.74 Å². The van der Waals surface area contributed by atoms with E-state index in [2.05, 4.69) is 55.7 Å². The minimum absolute atomic E-state index is 0. The molecule has 0 aromatic heterocycles. The van der Waals surface area contributed by atoms with E-state index >= 15 is 0 Å². The van der Waals surface area contributed by atoms with Gasteiger partial charge in [0.25, 0.3) is 0 Å². The molecule has 0 atom stereocenters. The summed E-state index contributed by atoms with van der Waals surface area (Å²) in [6.45, 7) is 9.26. The lowest BCUT2D eigenvalue weighted by Gasteiger charge is -2.10. The highest BCUT2D eigenvalue weighted by atomic mass is 35.5. The van der Waals surface area contributed by atoms with Crippen LogP contribution in [0.1, 0.15) is 65.7 Å². The third kappa shape index (κ3) is 12.5. The molecule has 3 nitrogen and oxygen atoms in total. The van der Waals surface area contributed by atoms with Crippen molar-refractivity contribution in [2.45, 2.75) is 71.8 Å². The van der Waals surface area contributed by atoms with E-state index in [9.17, 15) is 0 Å². The van der Waals surface area contributed by atoms with Gasteiger partial charge in [-0.25, -0.2) is 0 Å². The summed E-state index contributed by atoms with van der Waals surface area (Å²) in [4.78, 5) is 0. The van der Waals surface area contributed by atoms with Crippen molar-refractivity contribution in [1.82, 2.24) is 0 Å². The van der Waals surface area contributed by atoms with Gasteiger partial charge < -0.3 is 15.4 Å². The second kappa shape index (κ2) is 15.6. The van der Waals surface area contributed by atoms with Gasteiger partial charge in [-0.2, -0.15) is 0 Å². The SMILES string of the molecule is CCCCCCCCNc1ccc(NCCCOC(C)C)cc1.Cl. The molecule has 0 aliphatic rings. The lowest BCUT2D eigenvalue weighted by molar-refractivity contribution is 0.0787. The van der Waals surface area contributed by atoms with Crippen LogP contribution >= 0.6 is 12.4 Å². The Hall–Kier alpha value is -0.930. The second-order valence-electron chi connectivity index (χ2n) is 6.47. The first-order valence-electron chi connectivity index (χ1n) is 9.41. The van der Waals surface area contributed by atoms with Gasteiger partial charge in [0.1, 0.15) is 0 Å². The van der Waals surface area contributed by atoms with Gasteiger partial charge in [-0.15, -0.1) is 12.4 Å². The Balaban J connectivity index is 0.00000529. The smallest absolute Gasteiger partial charge is 0.0518 e. The molecule has 0 fully saturated rings. The number of rotatable bonds is 14. The molecular formula is C20H37ClN2O. The molecule has 1 rings (SSSR count). The van der Waals surface area contributed by atoms with Crippen molar-refractivity contribution in [3.8, 4) is 0 Å². The highest BCUT2D eigenvalue weighted by Gasteiger charge is 1.96. The third-order valence-corrected chi connectivity index (χ3v) is 3.85. The van der Waals surface area contributed by atoms with Gasteiger partial charge in [-0.3, -0.25) is 0 Å². The van der Waals surface area contributed by atoms with Gasteiger partial charge in [0.15, 0.2) is 0 Å². The highest BCUT2D eigenvalue weighted by molar-refractivity contribution is 5.85. The highest BCUT2D eigenvalue weighted by Crippen LogP contribution is 2.14. The number of hydrogen-bond donors (Lipinski definition) is 2. The van der Waals surface area contributed by atoms with Crippen LogP contribution in [0.3, 0.4) is 0 Å². The van der Waals surface area contributed by atoms with Gasteiger partial charge in [-0.05, 0) is 51.0 Å². The van der Waals surface area contributed by atoms with Crippen LogP contribution in [0.5, 0.6) is 0 Å². The van der Waals surface area contributed by atoms with Gasteiger partial charge in [0.2, 0.25) is 0 Å². The van der Waals surface area contributed by atoms with Crippen LogP contribution in [0.25, 0.3) is 0 Å². The molecule has 0 unspecified atom stereocenters. The fourth-order valence-corrected chi connectivity index (χ4v) is 2.47. The molecule has 0 heterocycles. The van der Waals surface area contributed by atoms with Crippen molar-refractivity contribution in [1.29, 1.82) is 0 Å². The molecule has 0 spiro atoms. The van der Waals surface area contributed by atoms with Crippen LogP contribution in [0.4, 0.5) is 11.4 Å². The van der Waals surface area contributed by atoms with Crippen LogP contribution < -0.4 is 10.6 Å². The Morgan fingerprint density at radius 1 is 0.792 bits per heavy atom. The lowest BCUT2D eigenvalue weighted by atomic mass is 10.1. The predicted octanol–water partition coefficient (Wildman–Crippen LogP) is 6.11. The van der Waals surface area contributed by atoms with E-state index in [-0.39, 0.29) is 12.4 Å². The molecule has 0 saturated carbocycles. The summed E-state index contributed by atoms with van der Waals surface area (Å²) in [6.07, 6.45) is 9.43. The number of hydrogen-bond acceptors (Lipinski definition) is 3. The Kier molecular flexibility index (Phi) is 15.0. The van der Waals surface area contributed by atoms with Crippen LogP contribution in [-0.2, 0) is 4.74 Å². The number of nitrogens with one attached hydrogen (secondary N) is 2. The van der Waals surface area contributed by atoms with E-state index in [0.29, 0.717) is 6.10 Å². The Morgan fingerprint density at radius 3 is 1.83 bits per heavy atom. The Morgan fingerprint density at radius 2 is 1.29 bits per heavy atom. The monoisotopic (exact) mass is 356 g/mol. The van der Waals surface area contributed by atoms with E-state index in [1.807, 2.05) is 0 Å². The number of unbranched alkanes of at least 4 members (excludes halogenated alkanes) is 5. The summed E-state index contributed by atoms with van der Waals surface area (Å²) < 4.78 is 5.53. The Bertz CT molecular complexity index is 382. The molecule has 1 aromatic rings. The van der Waals surface area contributed by atoms with Gasteiger partial charge in [0.05, 0.1) is 6.10 Å². The summed E-state index contributed by atoms with van der Waals surface area (Å²) in [6, 6.07) is 8.60. The largest absolute Gasteiger partial charge is 0.385 e. The van der Waals surface area contributed by atoms with Crippen molar-refractivity contribution >= 4 is 23.8 Å². The molecule has 0 aliphatic heterocycles. The number of anilines is 2. The average molecular weight is 357 g/mol. The van der Waals surface area contributed by atoms with Crippen LogP contribution in [0.15, 0.2) is 24.3 Å². The minimum atomic E-state index is 0. The molecule has 0 bridgehead atoms. The summed E-state index contributed by atoms with van der Waals surface area (Å²) in [5.41, 5.74) is 2.40. The zero-order valence-electron chi connectivity index (χ0n) is 15.8. The normalized spacial score (nSPS) is 10.5. The van der Waals surface area contributed by atoms with Crippen molar-refractivity contribution in [3.05, 3.63) is 24.3 Å². The molecule has 0 radical (unpaired) electrons. The van der Waals surface area contributed by atoms with Crippen molar-refractivity contribution in [2.24, 2.45) is 0 Å². The molecule has 140 valence electrons. The fourth-order valence-electron chi connectivity index (χ4n) is 2.47. The molecule has 4 heteroatoms. The number of halogens is 1. The van der Waals surface area contributed by atoms with Gasteiger partial charge in [0, 0.05) is 31.1 Å². The summed E-state index contributed by atoms with van der Waals surface area (Å²) >= 11 is 0. The van der Waals surface area contributed by atoms with Crippen LogP contribution in [-0.4, -0.2) is 25.8 Å². The molecule has 0 saturated heterocycles. The molecule has 0 amide bonds. The zero-order chi connectivity index (χ0) is 16.8. The summed E-state index contributed by atoms with van der Waals surface area (Å²) in [7, 11) is 0.